The number of carbonyl (C=O) groups is 4. The summed E-state index contributed by atoms with van der Waals surface area (Å²) in [5, 5.41) is 5.49. The summed E-state index contributed by atoms with van der Waals surface area (Å²) in [5.41, 5.74) is -0.969. The van der Waals surface area contributed by atoms with Crippen LogP contribution < -0.4 is 20.1 Å². The number of benzene rings is 1. The van der Waals surface area contributed by atoms with Gasteiger partial charge in [-0.25, -0.2) is 13.2 Å². The topological polar surface area (TPSA) is 160 Å². The Morgan fingerprint density at radius 1 is 1.12 bits per heavy atom. The van der Waals surface area contributed by atoms with Crippen molar-refractivity contribution in [1.82, 2.24) is 14.9 Å². The number of rotatable bonds is 6. The first kappa shape index (κ1) is 30.8. The van der Waals surface area contributed by atoms with Crippen molar-refractivity contribution < 1.29 is 37.1 Å². The van der Waals surface area contributed by atoms with Crippen molar-refractivity contribution in [2.24, 2.45) is 17.8 Å². The van der Waals surface area contributed by atoms with Crippen LogP contribution in [0.3, 0.4) is 0 Å². The highest BCUT2D eigenvalue weighted by atomic mass is 32.2. The van der Waals surface area contributed by atoms with Gasteiger partial charge in [-0.05, 0) is 70.4 Å². The van der Waals surface area contributed by atoms with Crippen LogP contribution in [0.1, 0.15) is 58.3 Å². The second-order valence-corrected chi connectivity index (χ2v) is 14.6. The number of hydrogen-bond acceptors (Lipinski definition) is 8. The van der Waals surface area contributed by atoms with Gasteiger partial charge in [0.2, 0.25) is 21.8 Å². The Bertz CT molecular complexity index is 1420. The number of anilines is 1. The number of methoxy groups -OCH3 is 1. The second kappa shape index (κ2) is 11.8. The average Bonchev–Trinajstić information content (AvgIpc) is 3.84. The molecule has 0 saturated heterocycles. The smallest absolute Gasteiger partial charge is 0.411 e. The molecule has 3 fully saturated rings. The molecule has 12 nitrogen and oxygen atoms in total. The second-order valence-electron chi connectivity index (χ2n) is 12.4. The van der Waals surface area contributed by atoms with Crippen molar-refractivity contribution in [1.29, 1.82) is 0 Å². The van der Waals surface area contributed by atoms with Crippen LogP contribution in [0, 0.1) is 17.8 Å². The Hall–Kier alpha value is -3.61. The van der Waals surface area contributed by atoms with Gasteiger partial charge in [-0.15, -0.1) is 0 Å². The van der Waals surface area contributed by atoms with Crippen molar-refractivity contribution in [3.05, 3.63) is 36.4 Å². The number of nitrogens with one attached hydrogen (secondary N) is 3. The fourth-order valence-corrected chi connectivity index (χ4v) is 7.30. The quantitative estimate of drug-likeness (QED) is 0.412. The van der Waals surface area contributed by atoms with E-state index in [0.29, 0.717) is 30.8 Å². The maximum Gasteiger partial charge on any atom is 0.411 e. The van der Waals surface area contributed by atoms with Crippen molar-refractivity contribution >= 4 is 39.5 Å². The molecular weight excluding hydrogens is 576 g/mol. The summed E-state index contributed by atoms with van der Waals surface area (Å²) in [6.45, 7) is 2.11. The van der Waals surface area contributed by atoms with E-state index in [-0.39, 0.29) is 31.1 Å². The van der Waals surface area contributed by atoms with Crippen LogP contribution in [0.25, 0.3) is 0 Å². The van der Waals surface area contributed by atoms with E-state index in [1.54, 1.807) is 43.1 Å². The molecule has 1 aliphatic heterocycles. The predicted molar refractivity (Wildman–Crippen MR) is 157 cm³/mol. The summed E-state index contributed by atoms with van der Waals surface area (Å²) in [5.74, 6) is -3.01. The van der Waals surface area contributed by atoms with Gasteiger partial charge in [0.1, 0.15) is 17.4 Å². The van der Waals surface area contributed by atoms with Gasteiger partial charge in [0.15, 0.2) is 0 Å². The molecule has 4 aliphatic rings. The van der Waals surface area contributed by atoms with E-state index < -0.39 is 56.2 Å². The zero-order chi connectivity index (χ0) is 31.0. The van der Waals surface area contributed by atoms with E-state index in [1.807, 2.05) is 12.2 Å². The van der Waals surface area contributed by atoms with E-state index in [1.165, 1.54) is 7.11 Å². The van der Waals surface area contributed by atoms with E-state index in [4.69, 9.17) is 9.47 Å². The predicted octanol–water partition coefficient (Wildman–Crippen LogP) is 2.71. The third-order valence-corrected chi connectivity index (χ3v) is 11.4. The number of hydrogen-bond donors (Lipinski definition) is 3. The molecule has 0 radical (unpaired) electrons. The average molecular weight is 617 g/mol. The first-order valence-electron chi connectivity index (χ1n) is 14.8. The van der Waals surface area contributed by atoms with Crippen molar-refractivity contribution in [3.63, 3.8) is 0 Å². The van der Waals surface area contributed by atoms with Gasteiger partial charge in [0, 0.05) is 31.3 Å². The molecule has 0 unspecified atom stereocenters. The molecule has 13 heteroatoms. The highest BCUT2D eigenvalue weighted by molar-refractivity contribution is 7.91. The molecule has 3 saturated carbocycles. The fraction of sp³-hybridized carbons (Fsp3) is 0.600. The van der Waals surface area contributed by atoms with Crippen molar-refractivity contribution in [2.45, 2.75) is 74.7 Å². The Morgan fingerprint density at radius 3 is 2.58 bits per heavy atom. The number of fused-ring (bicyclic) bond motifs is 2. The molecule has 4 amide bonds. The number of sulfonamides is 1. The highest BCUT2D eigenvalue weighted by Gasteiger charge is 2.63. The number of allylic oxidation sites excluding steroid dienone is 1. The lowest BCUT2D eigenvalue weighted by atomic mass is 9.93. The van der Waals surface area contributed by atoms with Gasteiger partial charge in [0.05, 0.1) is 23.7 Å². The van der Waals surface area contributed by atoms with Crippen LogP contribution in [-0.4, -0.2) is 74.2 Å². The molecule has 234 valence electrons. The van der Waals surface area contributed by atoms with Crippen LogP contribution in [0.5, 0.6) is 5.75 Å². The molecule has 5 rings (SSSR count). The molecule has 1 aromatic rings. The summed E-state index contributed by atoms with van der Waals surface area (Å²) in [4.78, 5) is 55.2. The minimum Gasteiger partial charge on any atom is -0.497 e. The maximum absolute atomic E-state index is 13.8. The molecule has 0 spiro atoms. The molecule has 5 atom stereocenters. The van der Waals surface area contributed by atoms with Crippen LogP contribution >= 0.6 is 0 Å². The Balaban J connectivity index is 1.34. The lowest BCUT2D eigenvalue weighted by molar-refractivity contribution is -0.140. The van der Waals surface area contributed by atoms with Crippen LogP contribution in [-0.2, 0) is 29.1 Å². The summed E-state index contributed by atoms with van der Waals surface area (Å²) in [6.07, 6.45) is 6.06. The molecule has 0 aromatic heterocycles. The zero-order valence-corrected chi connectivity index (χ0v) is 25.6. The van der Waals surface area contributed by atoms with Gasteiger partial charge < -0.3 is 19.7 Å². The lowest BCUT2D eigenvalue weighted by Gasteiger charge is -2.27. The third-order valence-electron chi connectivity index (χ3n) is 9.22. The Kier molecular flexibility index (Phi) is 8.47. The monoisotopic (exact) mass is 616 g/mol. The van der Waals surface area contributed by atoms with Crippen LogP contribution in [0.4, 0.5) is 10.5 Å². The molecular formula is C30H40N4O8S. The molecule has 1 heterocycles. The number of amides is 4. The standard InChI is InChI=1S/C30H40N4O8S/c1-29(12-13-29)43(39,40)33-27(37)30-18-19(30)9-6-4-5-7-14-34(2)26(36)24-17-22(16-23(24)25(35)32-30)42-28(38)31-20-10-8-11-21(15-20)41-3/h6,8-11,15,19,22-24H,4-5,7,12-14,16-18H2,1-3H3,(H,31,38)(H,32,35)(H,33,37)/b9-6-/t19-,22-,23-,24-,30-/m1/s1. The van der Waals surface area contributed by atoms with Crippen molar-refractivity contribution in [2.75, 3.05) is 26.0 Å². The van der Waals surface area contributed by atoms with Gasteiger partial charge in [0.25, 0.3) is 5.91 Å². The normalized spacial score (nSPS) is 30.9. The molecule has 0 bridgehead atoms. The SMILES string of the molecule is COc1cccc(NC(=O)O[C@@H]2C[C@H]3C(=O)N[C@]4(C(=O)NS(=O)(=O)C5(C)CC5)C[C@H]4/C=C\CCCCN(C)C(=O)[C@@H]3C2)c1. The third kappa shape index (κ3) is 6.51. The van der Waals surface area contributed by atoms with Gasteiger partial charge in [-0.3, -0.25) is 24.4 Å². The number of carbonyl (C=O) groups excluding carboxylic acids is 4. The molecule has 3 aliphatic carbocycles. The van der Waals surface area contributed by atoms with Crippen LogP contribution in [0.2, 0.25) is 0 Å². The van der Waals surface area contributed by atoms with Gasteiger partial charge >= 0.3 is 6.09 Å². The Labute approximate surface area is 252 Å². The van der Waals surface area contributed by atoms with E-state index in [0.717, 1.165) is 19.3 Å². The largest absolute Gasteiger partial charge is 0.497 e. The minimum atomic E-state index is -3.92. The summed E-state index contributed by atoms with van der Waals surface area (Å²) in [7, 11) is -0.713. The lowest BCUT2D eigenvalue weighted by Crippen LogP contribution is -2.55. The summed E-state index contributed by atoms with van der Waals surface area (Å²) < 4.78 is 37.8. The van der Waals surface area contributed by atoms with E-state index in [2.05, 4.69) is 15.4 Å². The number of nitrogens with zero attached hydrogens (tertiary/aromatic N) is 1. The molecule has 1 aromatic carbocycles. The van der Waals surface area contributed by atoms with Gasteiger partial charge in [-0.1, -0.05) is 18.2 Å². The minimum absolute atomic E-state index is 0.0795. The van der Waals surface area contributed by atoms with Crippen LogP contribution in [0.15, 0.2) is 36.4 Å². The molecule has 43 heavy (non-hydrogen) atoms. The number of ether oxygens (including phenoxy) is 2. The van der Waals surface area contributed by atoms with E-state index >= 15 is 0 Å². The van der Waals surface area contributed by atoms with Gasteiger partial charge in [-0.2, -0.15) is 0 Å². The highest BCUT2D eigenvalue weighted by Crippen LogP contribution is 2.48. The van der Waals surface area contributed by atoms with Crippen molar-refractivity contribution in [3.8, 4) is 5.75 Å². The van der Waals surface area contributed by atoms with E-state index in [9.17, 15) is 27.6 Å². The zero-order valence-electron chi connectivity index (χ0n) is 24.8. The summed E-state index contributed by atoms with van der Waals surface area (Å²) >= 11 is 0. The molecule has 3 N–H and O–H groups in total. The maximum atomic E-state index is 13.8. The fourth-order valence-electron chi connectivity index (χ4n) is 5.99. The first-order valence-corrected chi connectivity index (χ1v) is 16.3. The Morgan fingerprint density at radius 2 is 1.86 bits per heavy atom. The summed E-state index contributed by atoms with van der Waals surface area (Å²) in [6, 6.07) is 6.76. The first-order chi connectivity index (χ1) is 20.4.